The highest BCUT2D eigenvalue weighted by atomic mass is 35.5. The predicted molar refractivity (Wildman–Crippen MR) is 60.4 cm³/mol. The van der Waals surface area contributed by atoms with E-state index in [0.717, 1.165) is 29.3 Å². The number of aromatic nitrogens is 1. The fourth-order valence-corrected chi connectivity index (χ4v) is 2.03. The first-order chi connectivity index (χ1) is 7.25. The van der Waals surface area contributed by atoms with Gasteiger partial charge in [-0.3, -0.25) is 4.79 Å². The van der Waals surface area contributed by atoms with Crippen molar-refractivity contribution in [3.8, 4) is 0 Å². The molecule has 1 fully saturated rings. The fraction of sp³-hybridized carbons (Fsp3) is 0.250. The zero-order valence-corrected chi connectivity index (χ0v) is 8.84. The van der Waals surface area contributed by atoms with Gasteiger partial charge in [0.25, 0.3) is 0 Å². The monoisotopic (exact) mass is 219 g/mol. The van der Waals surface area contributed by atoms with E-state index in [1.165, 1.54) is 0 Å². The summed E-state index contributed by atoms with van der Waals surface area (Å²) in [6.07, 6.45) is 3.86. The third kappa shape index (κ3) is 1.45. The van der Waals surface area contributed by atoms with Crippen molar-refractivity contribution in [2.45, 2.75) is 12.8 Å². The second-order valence-electron chi connectivity index (χ2n) is 4.03. The van der Waals surface area contributed by atoms with Crippen molar-refractivity contribution in [2.24, 2.45) is 5.92 Å². The van der Waals surface area contributed by atoms with E-state index in [4.69, 9.17) is 11.6 Å². The second kappa shape index (κ2) is 3.11. The van der Waals surface area contributed by atoms with Crippen molar-refractivity contribution in [2.75, 3.05) is 0 Å². The van der Waals surface area contributed by atoms with Crippen LogP contribution in [0.3, 0.4) is 0 Å². The van der Waals surface area contributed by atoms with Crippen molar-refractivity contribution in [1.82, 2.24) is 4.98 Å². The van der Waals surface area contributed by atoms with E-state index >= 15 is 0 Å². The molecule has 1 saturated carbocycles. The molecule has 1 aliphatic carbocycles. The van der Waals surface area contributed by atoms with Gasteiger partial charge < -0.3 is 4.98 Å². The highest BCUT2D eigenvalue weighted by molar-refractivity contribution is 6.31. The Bertz CT molecular complexity index is 540. The minimum atomic E-state index is 0.253. The first kappa shape index (κ1) is 8.98. The lowest BCUT2D eigenvalue weighted by Crippen LogP contribution is -1.99. The Hall–Kier alpha value is -1.28. The lowest BCUT2D eigenvalue weighted by atomic mass is 10.1. The third-order valence-corrected chi connectivity index (χ3v) is 3.09. The van der Waals surface area contributed by atoms with Crippen LogP contribution < -0.4 is 0 Å². The summed E-state index contributed by atoms with van der Waals surface area (Å²) in [7, 11) is 0. The minimum absolute atomic E-state index is 0.253. The van der Waals surface area contributed by atoms with E-state index in [2.05, 4.69) is 4.98 Å². The van der Waals surface area contributed by atoms with Crippen LogP contribution in [0, 0.1) is 5.92 Å². The number of fused-ring (bicyclic) bond motifs is 1. The number of Topliss-reactive ketones (excluding diaryl/α,β-unsaturated/α-hetero) is 1. The van der Waals surface area contributed by atoms with Gasteiger partial charge in [-0.25, -0.2) is 0 Å². The summed E-state index contributed by atoms with van der Waals surface area (Å²) >= 11 is 5.92. The average molecular weight is 220 g/mol. The number of rotatable bonds is 2. The van der Waals surface area contributed by atoms with Gasteiger partial charge in [-0.15, -0.1) is 0 Å². The molecule has 3 rings (SSSR count). The molecular formula is C12H10ClNO. The summed E-state index contributed by atoms with van der Waals surface area (Å²) in [5.41, 5.74) is 1.76. The molecule has 0 aliphatic heterocycles. The summed E-state index contributed by atoms with van der Waals surface area (Å²) < 4.78 is 0. The van der Waals surface area contributed by atoms with Crippen LogP contribution in [0.25, 0.3) is 10.9 Å². The molecule has 2 nitrogen and oxygen atoms in total. The highest BCUT2D eigenvalue weighted by Crippen LogP contribution is 2.35. The topological polar surface area (TPSA) is 32.9 Å². The van der Waals surface area contributed by atoms with Gasteiger partial charge in [0.15, 0.2) is 5.78 Å². The number of carbonyl (C=O) groups excluding carboxylic acids is 1. The molecule has 15 heavy (non-hydrogen) atoms. The van der Waals surface area contributed by atoms with Crippen molar-refractivity contribution in [3.63, 3.8) is 0 Å². The SMILES string of the molecule is O=C(c1c[nH]c2ccc(Cl)cc12)C1CC1. The normalized spacial score (nSPS) is 15.8. The van der Waals surface area contributed by atoms with Gasteiger partial charge in [-0.1, -0.05) is 11.6 Å². The third-order valence-electron chi connectivity index (χ3n) is 2.86. The first-order valence-corrected chi connectivity index (χ1v) is 5.44. The summed E-state index contributed by atoms with van der Waals surface area (Å²) in [4.78, 5) is 15.0. The largest absolute Gasteiger partial charge is 0.360 e. The lowest BCUT2D eigenvalue weighted by molar-refractivity contribution is 0.0969. The molecule has 0 radical (unpaired) electrons. The van der Waals surface area contributed by atoms with E-state index in [1.54, 1.807) is 6.20 Å². The molecule has 0 amide bonds. The molecule has 1 aliphatic rings. The molecule has 1 aromatic carbocycles. The molecule has 0 unspecified atom stereocenters. The second-order valence-corrected chi connectivity index (χ2v) is 4.47. The maximum absolute atomic E-state index is 11.9. The van der Waals surface area contributed by atoms with Gasteiger partial charge in [-0.2, -0.15) is 0 Å². The summed E-state index contributed by atoms with van der Waals surface area (Å²) in [5, 5.41) is 1.62. The molecule has 3 heteroatoms. The molecule has 1 N–H and O–H groups in total. The van der Waals surface area contributed by atoms with E-state index in [0.29, 0.717) is 5.02 Å². The van der Waals surface area contributed by atoms with E-state index < -0.39 is 0 Å². The number of carbonyl (C=O) groups is 1. The predicted octanol–water partition coefficient (Wildman–Crippen LogP) is 3.41. The van der Waals surface area contributed by atoms with E-state index in [-0.39, 0.29) is 11.7 Å². The molecule has 0 saturated heterocycles. The van der Waals surface area contributed by atoms with Crippen LogP contribution in [0.1, 0.15) is 23.2 Å². The average Bonchev–Trinajstić information content (AvgIpc) is 2.98. The molecular weight excluding hydrogens is 210 g/mol. The number of H-pyrrole nitrogens is 1. The van der Waals surface area contributed by atoms with Crippen LogP contribution in [0.15, 0.2) is 24.4 Å². The Morgan fingerprint density at radius 3 is 2.93 bits per heavy atom. The lowest BCUT2D eigenvalue weighted by Gasteiger charge is -1.96. The Morgan fingerprint density at radius 1 is 1.40 bits per heavy atom. The molecule has 1 heterocycles. The number of ketones is 1. The van der Waals surface area contributed by atoms with Crippen molar-refractivity contribution < 1.29 is 4.79 Å². The van der Waals surface area contributed by atoms with Crippen LogP contribution in [0.5, 0.6) is 0 Å². The van der Waals surface area contributed by atoms with Crippen LogP contribution in [-0.4, -0.2) is 10.8 Å². The molecule has 0 spiro atoms. The zero-order chi connectivity index (χ0) is 10.4. The van der Waals surface area contributed by atoms with Crippen LogP contribution in [-0.2, 0) is 0 Å². The van der Waals surface area contributed by atoms with Gasteiger partial charge in [0.05, 0.1) is 0 Å². The number of nitrogens with one attached hydrogen (secondary N) is 1. The summed E-state index contributed by atoms with van der Waals surface area (Å²) in [5.74, 6) is 0.506. The minimum Gasteiger partial charge on any atom is -0.360 e. The Morgan fingerprint density at radius 2 is 2.20 bits per heavy atom. The summed E-state index contributed by atoms with van der Waals surface area (Å²) in [6, 6.07) is 5.58. The Balaban J connectivity index is 2.17. The number of benzene rings is 1. The van der Waals surface area contributed by atoms with E-state index in [9.17, 15) is 4.79 Å². The van der Waals surface area contributed by atoms with Gasteiger partial charge in [0, 0.05) is 33.6 Å². The maximum atomic E-state index is 11.9. The number of halogens is 1. The molecule has 76 valence electrons. The van der Waals surface area contributed by atoms with Crippen molar-refractivity contribution in [3.05, 3.63) is 35.0 Å². The zero-order valence-electron chi connectivity index (χ0n) is 8.09. The van der Waals surface area contributed by atoms with Crippen molar-refractivity contribution in [1.29, 1.82) is 0 Å². The maximum Gasteiger partial charge on any atom is 0.168 e. The van der Waals surface area contributed by atoms with Gasteiger partial charge in [0.2, 0.25) is 0 Å². The van der Waals surface area contributed by atoms with Gasteiger partial charge in [0.1, 0.15) is 0 Å². The number of aromatic amines is 1. The molecule has 2 aromatic rings. The number of hydrogen-bond donors (Lipinski definition) is 1. The summed E-state index contributed by atoms with van der Waals surface area (Å²) in [6.45, 7) is 0. The van der Waals surface area contributed by atoms with Gasteiger partial charge >= 0.3 is 0 Å². The first-order valence-electron chi connectivity index (χ1n) is 5.06. The smallest absolute Gasteiger partial charge is 0.168 e. The molecule has 0 bridgehead atoms. The van der Waals surface area contributed by atoms with Gasteiger partial charge in [-0.05, 0) is 31.0 Å². The number of hydrogen-bond acceptors (Lipinski definition) is 1. The Labute approximate surface area is 92.2 Å². The Kier molecular flexibility index (Phi) is 1.86. The molecule has 1 aromatic heterocycles. The molecule has 0 atom stereocenters. The van der Waals surface area contributed by atoms with E-state index in [1.807, 2.05) is 18.2 Å². The van der Waals surface area contributed by atoms with Crippen molar-refractivity contribution >= 4 is 28.3 Å². The highest BCUT2D eigenvalue weighted by Gasteiger charge is 2.31. The van der Waals surface area contributed by atoms with Crippen LogP contribution in [0.2, 0.25) is 5.02 Å². The standard InChI is InChI=1S/C12H10ClNO/c13-8-3-4-11-9(5-8)10(6-14-11)12(15)7-1-2-7/h3-7,14H,1-2H2. The fourth-order valence-electron chi connectivity index (χ4n) is 1.86. The van der Waals surface area contributed by atoms with Crippen LogP contribution >= 0.6 is 11.6 Å². The van der Waals surface area contributed by atoms with Crippen LogP contribution in [0.4, 0.5) is 0 Å². The quantitative estimate of drug-likeness (QED) is 0.772.